The molecule has 28 heavy (non-hydrogen) atoms. The average Bonchev–Trinajstić information content (AvgIpc) is 3.23. The Hall–Kier alpha value is -2.41. The molecule has 3 aliphatic rings. The largest absolute Gasteiger partial charge is 0.380 e. The molecule has 1 aliphatic carbocycles. The second-order valence-corrected chi connectivity index (χ2v) is 8.28. The number of aliphatic hydroxyl groups is 1. The van der Waals surface area contributed by atoms with E-state index < -0.39 is 11.1 Å². The summed E-state index contributed by atoms with van der Waals surface area (Å²) in [6.45, 7) is 1.12. The third-order valence-electron chi connectivity index (χ3n) is 6.63. The van der Waals surface area contributed by atoms with Crippen LogP contribution in [0.15, 0.2) is 30.3 Å². The molecule has 7 heteroatoms. The molecule has 0 unspecified atom stereocenters. The Labute approximate surface area is 164 Å². The molecule has 150 valence electrons. The Morgan fingerprint density at radius 1 is 1.04 bits per heavy atom. The number of carbonyl (C=O) groups is 3. The lowest BCUT2D eigenvalue weighted by molar-refractivity contribution is -0.154. The van der Waals surface area contributed by atoms with Crippen LogP contribution in [0.1, 0.15) is 44.1 Å². The summed E-state index contributed by atoms with van der Waals surface area (Å²) in [4.78, 5) is 43.1. The van der Waals surface area contributed by atoms with Crippen molar-refractivity contribution in [2.75, 3.05) is 20.1 Å². The number of hydrogen-bond acceptors (Lipinski definition) is 4. The highest BCUT2D eigenvalue weighted by Gasteiger charge is 2.57. The molecule has 1 spiro atoms. The van der Waals surface area contributed by atoms with Crippen LogP contribution in [0.3, 0.4) is 0 Å². The van der Waals surface area contributed by atoms with E-state index in [0.29, 0.717) is 45.3 Å². The van der Waals surface area contributed by atoms with Crippen LogP contribution >= 0.6 is 0 Å². The third-order valence-corrected chi connectivity index (χ3v) is 6.63. The zero-order valence-electron chi connectivity index (χ0n) is 16.3. The number of amides is 4. The summed E-state index contributed by atoms with van der Waals surface area (Å²) in [6, 6.07) is 9.34. The maximum atomic E-state index is 13.0. The summed E-state index contributed by atoms with van der Waals surface area (Å²) in [5.41, 5.74) is -1.19. The maximum absolute atomic E-state index is 13.0. The fourth-order valence-electron chi connectivity index (χ4n) is 4.90. The van der Waals surface area contributed by atoms with Crippen LogP contribution in [0.4, 0.5) is 4.79 Å². The van der Waals surface area contributed by atoms with Gasteiger partial charge in [-0.2, -0.15) is 0 Å². The molecule has 7 nitrogen and oxygen atoms in total. The molecule has 1 aromatic carbocycles. The summed E-state index contributed by atoms with van der Waals surface area (Å²) in [5, 5.41) is 10.6. The fourth-order valence-corrected chi connectivity index (χ4v) is 4.90. The Bertz CT molecular complexity index is 780. The van der Waals surface area contributed by atoms with E-state index in [-0.39, 0.29) is 17.8 Å². The van der Waals surface area contributed by atoms with Gasteiger partial charge in [-0.3, -0.25) is 14.5 Å². The van der Waals surface area contributed by atoms with Crippen LogP contribution in [-0.2, 0) is 16.1 Å². The minimum Gasteiger partial charge on any atom is -0.380 e. The first kappa shape index (κ1) is 18.9. The number of piperidine rings is 1. The van der Waals surface area contributed by atoms with Crippen molar-refractivity contribution < 1.29 is 19.5 Å². The Kier molecular flexibility index (Phi) is 4.65. The van der Waals surface area contributed by atoms with Gasteiger partial charge < -0.3 is 14.9 Å². The van der Waals surface area contributed by atoms with Gasteiger partial charge in [-0.25, -0.2) is 4.79 Å². The number of nitrogens with zero attached hydrogens (tertiary/aromatic N) is 3. The number of imide groups is 1. The number of carbonyl (C=O) groups excluding carboxylic acids is 3. The van der Waals surface area contributed by atoms with Crippen molar-refractivity contribution in [3.8, 4) is 0 Å². The molecule has 4 amide bonds. The van der Waals surface area contributed by atoms with Crippen LogP contribution in [0.5, 0.6) is 0 Å². The molecule has 0 radical (unpaired) electrons. The van der Waals surface area contributed by atoms with Gasteiger partial charge in [0.25, 0.3) is 11.8 Å². The van der Waals surface area contributed by atoms with E-state index in [2.05, 4.69) is 0 Å². The highest BCUT2D eigenvalue weighted by atomic mass is 16.3. The van der Waals surface area contributed by atoms with Gasteiger partial charge in [-0.1, -0.05) is 30.3 Å². The molecule has 0 aromatic heterocycles. The van der Waals surface area contributed by atoms with Crippen molar-refractivity contribution in [2.45, 2.75) is 56.2 Å². The van der Waals surface area contributed by atoms with Crippen molar-refractivity contribution in [1.82, 2.24) is 14.7 Å². The highest BCUT2D eigenvalue weighted by molar-refractivity contribution is 6.07. The average molecular weight is 385 g/mol. The molecular weight excluding hydrogens is 358 g/mol. The molecule has 1 aromatic rings. The molecule has 0 atom stereocenters. The summed E-state index contributed by atoms with van der Waals surface area (Å²) in [5.74, 6) is -0.417. The highest BCUT2D eigenvalue weighted by Crippen LogP contribution is 2.39. The second kappa shape index (κ2) is 6.88. The summed E-state index contributed by atoms with van der Waals surface area (Å²) >= 11 is 0. The number of urea groups is 1. The van der Waals surface area contributed by atoms with E-state index in [1.807, 2.05) is 30.3 Å². The molecule has 0 bridgehead atoms. The summed E-state index contributed by atoms with van der Waals surface area (Å²) < 4.78 is 0. The van der Waals surface area contributed by atoms with E-state index in [9.17, 15) is 19.5 Å². The Morgan fingerprint density at radius 3 is 2.25 bits per heavy atom. The molecule has 2 heterocycles. The summed E-state index contributed by atoms with van der Waals surface area (Å²) in [7, 11) is 1.52. The molecule has 1 saturated carbocycles. The first-order chi connectivity index (χ1) is 13.4. The van der Waals surface area contributed by atoms with Crippen LogP contribution < -0.4 is 0 Å². The lowest BCUT2D eigenvalue weighted by atomic mass is 9.84. The monoisotopic (exact) mass is 385 g/mol. The molecule has 1 N–H and O–H groups in total. The first-order valence-electron chi connectivity index (χ1n) is 10.0. The third kappa shape index (κ3) is 2.89. The standard InChI is InChI=1S/C21H27N3O4/c1-22-17(25)20(24(19(22)27)15-16-7-3-2-4-8-16)11-13-23(14-12-20)18(26)21(28)9-5-6-10-21/h2-4,7-8,28H,5-6,9-15H2,1H3. The molecule has 2 saturated heterocycles. The van der Waals surface area contributed by atoms with E-state index in [1.165, 1.54) is 11.9 Å². The Balaban J connectivity index is 1.53. The van der Waals surface area contributed by atoms with Gasteiger partial charge in [-0.05, 0) is 44.1 Å². The van der Waals surface area contributed by atoms with E-state index in [4.69, 9.17) is 0 Å². The topological polar surface area (TPSA) is 81.2 Å². The zero-order valence-corrected chi connectivity index (χ0v) is 16.3. The molecular formula is C21H27N3O4. The minimum atomic E-state index is -1.25. The first-order valence-corrected chi connectivity index (χ1v) is 10.0. The number of hydrogen-bond donors (Lipinski definition) is 1. The van der Waals surface area contributed by atoms with Gasteiger partial charge in [0.05, 0.1) is 0 Å². The second-order valence-electron chi connectivity index (χ2n) is 8.28. The predicted molar refractivity (Wildman–Crippen MR) is 102 cm³/mol. The number of likely N-dealkylation sites (N-methyl/N-ethyl adjacent to an activating group) is 1. The summed E-state index contributed by atoms with van der Waals surface area (Å²) in [6.07, 6.45) is 3.54. The normalized spacial score (nSPS) is 23.7. The minimum absolute atomic E-state index is 0.194. The maximum Gasteiger partial charge on any atom is 0.327 e. The smallest absolute Gasteiger partial charge is 0.327 e. The fraction of sp³-hybridized carbons (Fsp3) is 0.571. The van der Waals surface area contributed by atoms with Crippen LogP contribution in [0.25, 0.3) is 0 Å². The van der Waals surface area contributed by atoms with Crippen molar-refractivity contribution in [3.63, 3.8) is 0 Å². The molecule has 3 fully saturated rings. The van der Waals surface area contributed by atoms with Crippen molar-refractivity contribution in [2.24, 2.45) is 0 Å². The SMILES string of the molecule is CN1C(=O)N(Cc2ccccc2)C2(CCN(C(=O)C3(O)CCCC3)CC2)C1=O. The number of likely N-dealkylation sites (tertiary alicyclic amines) is 1. The quantitative estimate of drug-likeness (QED) is 0.804. The van der Waals surface area contributed by atoms with Gasteiger partial charge in [0.1, 0.15) is 11.1 Å². The van der Waals surface area contributed by atoms with Crippen molar-refractivity contribution in [1.29, 1.82) is 0 Å². The van der Waals surface area contributed by atoms with Crippen LogP contribution in [0.2, 0.25) is 0 Å². The number of rotatable bonds is 3. The predicted octanol–water partition coefficient (Wildman–Crippen LogP) is 1.75. The van der Waals surface area contributed by atoms with E-state index in [0.717, 1.165) is 18.4 Å². The zero-order chi connectivity index (χ0) is 19.9. The van der Waals surface area contributed by atoms with Gasteiger partial charge in [0.2, 0.25) is 0 Å². The van der Waals surface area contributed by atoms with Crippen LogP contribution in [0, 0.1) is 0 Å². The molecule has 4 rings (SSSR count). The van der Waals surface area contributed by atoms with Gasteiger partial charge in [0.15, 0.2) is 0 Å². The van der Waals surface area contributed by atoms with Gasteiger partial charge in [0, 0.05) is 26.7 Å². The van der Waals surface area contributed by atoms with Gasteiger partial charge in [-0.15, -0.1) is 0 Å². The molecule has 2 aliphatic heterocycles. The van der Waals surface area contributed by atoms with Crippen molar-refractivity contribution in [3.05, 3.63) is 35.9 Å². The van der Waals surface area contributed by atoms with E-state index in [1.54, 1.807) is 9.80 Å². The van der Waals surface area contributed by atoms with E-state index >= 15 is 0 Å². The van der Waals surface area contributed by atoms with Crippen LogP contribution in [-0.4, -0.2) is 68.9 Å². The lowest BCUT2D eigenvalue weighted by Gasteiger charge is -2.43. The van der Waals surface area contributed by atoms with Crippen molar-refractivity contribution >= 4 is 17.8 Å². The Morgan fingerprint density at radius 2 is 1.64 bits per heavy atom. The lowest BCUT2D eigenvalue weighted by Crippen LogP contribution is -2.59. The number of benzene rings is 1. The van der Waals surface area contributed by atoms with Gasteiger partial charge >= 0.3 is 6.03 Å².